The zero-order valence-electron chi connectivity index (χ0n) is 14.3. The van der Waals surface area contributed by atoms with Gasteiger partial charge in [-0.05, 0) is 42.7 Å². The normalized spacial score (nSPS) is 11.9. The predicted molar refractivity (Wildman–Crippen MR) is 95.3 cm³/mol. The molecule has 134 valence electrons. The third-order valence-corrected chi connectivity index (χ3v) is 3.85. The first-order valence-corrected chi connectivity index (χ1v) is 8.46. The van der Waals surface area contributed by atoms with E-state index in [4.69, 9.17) is 4.42 Å². The van der Waals surface area contributed by atoms with E-state index in [0.717, 1.165) is 19.3 Å². The molecular formula is C19H24N2O4. The first kappa shape index (κ1) is 18.7. The Labute approximate surface area is 147 Å². The van der Waals surface area contributed by atoms with Crippen LogP contribution in [0, 0.1) is 0 Å². The zero-order chi connectivity index (χ0) is 18.1. The van der Waals surface area contributed by atoms with Crippen LogP contribution in [0.4, 0.5) is 5.69 Å². The van der Waals surface area contributed by atoms with E-state index >= 15 is 0 Å². The third-order valence-electron chi connectivity index (χ3n) is 3.85. The Balaban J connectivity index is 1.84. The van der Waals surface area contributed by atoms with E-state index in [9.17, 15) is 14.7 Å². The number of unbranched alkanes of at least 4 members (excludes halogenated alkanes) is 1. The number of carboxylic acid groups (broad SMARTS) is 1. The number of nitrogens with one attached hydrogen (secondary N) is 2. The van der Waals surface area contributed by atoms with Crippen LogP contribution in [0.1, 0.15) is 37.5 Å². The van der Waals surface area contributed by atoms with Gasteiger partial charge in [0, 0.05) is 5.69 Å². The summed E-state index contributed by atoms with van der Waals surface area (Å²) in [4.78, 5) is 23.4. The van der Waals surface area contributed by atoms with Crippen LogP contribution in [-0.4, -0.2) is 23.0 Å². The number of furan rings is 1. The average Bonchev–Trinajstić information content (AvgIpc) is 3.11. The quantitative estimate of drug-likeness (QED) is 0.616. The summed E-state index contributed by atoms with van der Waals surface area (Å²) in [6, 6.07) is 10.1. The van der Waals surface area contributed by atoms with Crippen LogP contribution in [0.25, 0.3) is 0 Å². The lowest BCUT2D eigenvalue weighted by Crippen LogP contribution is -2.39. The van der Waals surface area contributed by atoms with Crippen LogP contribution in [0.3, 0.4) is 0 Å². The lowest BCUT2D eigenvalue weighted by molar-refractivity contribution is -0.141. The molecule has 0 saturated heterocycles. The molecule has 1 atom stereocenters. The minimum absolute atomic E-state index is 0.159. The molecule has 0 aliphatic heterocycles. The van der Waals surface area contributed by atoms with E-state index in [1.165, 1.54) is 11.8 Å². The number of hydrogen-bond acceptors (Lipinski definition) is 4. The SMILES string of the molecule is CCCCc1ccc(NC(=O)CC(NCc2ccco2)C(=O)O)cc1. The second-order valence-corrected chi connectivity index (χ2v) is 5.90. The Hall–Kier alpha value is -2.60. The molecule has 0 fully saturated rings. The van der Waals surface area contributed by atoms with Crippen molar-refractivity contribution in [2.24, 2.45) is 0 Å². The maximum atomic E-state index is 12.1. The van der Waals surface area contributed by atoms with E-state index in [1.807, 2.05) is 24.3 Å². The highest BCUT2D eigenvalue weighted by atomic mass is 16.4. The van der Waals surface area contributed by atoms with Crippen molar-refractivity contribution in [2.75, 3.05) is 5.32 Å². The summed E-state index contributed by atoms with van der Waals surface area (Å²) in [6.45, 7) is 2.40. The van der Waals surface area contributed by atoms with E-state index in [1.54, 1.807) is 12.1 Å². The summed E-state index contributed by atoms with van der Waals surface area (Å²) < 4.78 is 5.15. The highest BCUT2D eigenvalue weighted by Crippen LogP contribution is 2.12. The molecule has 0 spiro atoms. The molecule has 0 saturated carbocycles. The second kappa shape index (κ2) is 9.64. The van der Waals surface area contributed by atoms with Crippen molar-refractivity contribution in [3.05, 3.63) is 54.0 Å². The minimum atomic E-state index is -1.07. The fourth-order valence-corrected chi connectivity index (χ4v) is 2.42. The second-order valence-electron chi connectivity index (χ2n) is 5.90. The fourth-order valence-electron chi connectivity index (χ4n) is 2.42. The highest BCUT2D eigenvalue weighted by Gasteiger charge is 2.21. The summed E-state index contributed by atoms with van der Waals surface area (Å²) in [5, 5.41) is 14.8. The minimum Gasteiger partial charge on any atom is -0.480 e. The van der Waals surface area contributed by atoms with Crippen molar-refractivity contribution >= 4 is 17.6 Å². The molecule has 1 unspecified atom stereocenters. The number of carbonyl (C=O) groups excluding carboxylic acids is 1. The van der Waals surface area contributed by atoms with Gasteiger partial charge in [0.05, 0.1) is 19.2 Å². The van der Waals surface area contributed by atoms with E-state index in [-0.39, 0.29) is 18.9 Å². The van der Waals surface area contributed by atoms with Crippen LogP contribution < -0.4 is 10.6 Å². The molecule has 0 aliphatic rings. The first-order valence-electron chi connectivity index (χ1n) is 8.46. The number of aliphatic carboxylic acids is 1. The molecule has 2 aromatic rings. The molecule has 1 aromatic heterocycles. The van der Waals surface area contributed by atoms with Crippen molar-refractivity contribution in [3.63, 3.8) is 0 Å². The maximum Gasteiger partial charge on any atom is 0.321 e. The van der Waals surface area contributed by atoms with Gasteiger partial charge in [-0.25, -0.2) is 0 Å². The van der Waals surface area contributed by atoms with Crippen LogP contribution in [0.2, 0.25) is 0 Å². The van der Waals surface area contributed by atoms with Crippen molar-refractivity contribution in [3.8, 4) is 0 Å². The molecular weight excluding hydrogens is 320 g/mol. The number of anilines is 1. The summed E-state index contributed by atoms with van der Waals surface area (Å²) >= 11 is 0. The van der Waals surface area contributed by atoms with Gasteiger partial charge in [-0.1, -0.05) is 25.5 Å². The standard InChI is InChI=1S/C19H24N2O4/c1-2-3-5-14-7-9-15(10-8-14)21-18(22)12-17(19(23)24)20-13-16-6-4-11-25-16/h4,6-11,17,20H,2-3,5,12-13H2,1H3,(H,21,22)(H,23,24). The number of benzene rings is 1. The molecule has 1 heterocycles. The monoisotopic (exact) mass is 344 g/mol. The van der Waals surface area contributed by atoms with Crippen molar-refractivity contribution in [1.82, 2.24) is 5.32 Å². The smallest absolute Gasteiger partial charge is 0.321 e. The summed E-state index contributed by atoms with van der Waals surface area (Å²) in [6.07, 6.45) is 4.65. The Morgan fingerprint density at radius 3 is 2.56 bits per heavy atom. The Morgan fingerprint density at radius 2 is 1.96 bits per heavy atom. The molecule has 1 aromatic carbocycles. The van der Waals surface area contributed by atoms with Gasteiger partial charge < -0.3 is 14.8 Å². The predicted octanol–water partition coefficient (Wildman–Crippen LogP) is 3.19. The number of carbonyl (C=O) groups is 2. The zero-order valence-corrected chi connectivity index (χ0v) is 14.3. The Morgan fingerprint density at radius 1 is 1.20 bits per heavy atom. The molecule has 3 N–H and O–H groups in total. The molecule has 6 nitrogen and oxygen atoms in total. The van der Waals surface area contributed by atoms with Crippen LogP contribution in [0.15, 0.2) is 47.1 Å². The fraction of sp³-hybridized carbons (Fsp3) is 0.368. The molecule has 25 heavy (non-hydrogen) atoms. The third kappa shape index (κ3) is 6.43. The van der Waals surface area contributed by atoms with Gasteiger partial charge in [-0.3, -0.25) is 14.9 Å². The molecule has 0 bridgehead atoms. The van der Waals surface area contributed by atoms with Gasteiger partial charge in [-0.2, -0.15) is 0 Å². The van der Waals surface area contributed by atoms with Gasteiger partial charge in [0.2, 0.25) is 5.91 Å². The highest BCUT2D eigenvalue weighted by molar-refractivity contribution is 5.94. The van der Waals surface area contributed by atoms with Crippen LogP contribution in [0.5, 0.6) is 0 Å². The molecule has 0 radical (unpaired) electrons. The number of amides is 1. The maximum absolute atomic E-state index is 12.1. The number of hydrogen-bond donors (Lipinski definition) is 3. The lowest BCUT2D eigenvalue weighted by atomic mass is 10.1. The Bertz CT molecular complexity index is 665. The van der Waals surface area contributed by atoms with Gasteiger partial charge in [0.15, 0.2) is 0 Å². The van der Waals surface area contributed by atoms with Crippen LogP contribution in [-0.2, 0) is 22.6 Å². The van der Waals surface area contributed by atoms with E-state index < -0.39 is 12.0 Å². The average molecular weight is 344 g/mol. The summed E-state index contributed by atoms with van der Waals surface area (Å²) in [5.74, 6) is -0.799. The van der Waals surface area contributed by atoms with Gasteiger partial charge in [-0.15, -0.1) is 0 Å². The molecule has 2 rings (SSSR count). The van der Waals surface area contributed by atoms with Crippen molar-refractivity contribution in [2.45, 2.75) is 45.2 Å². The van der Waals surface area contributed by atoms with Gasteiger partial charge in [0.25, 0.3) is 0 Å². The number of rotatable bonds is 10. The van der Waals surface area contributed by atoms with Crippen LogP contribution >= 0.6 is 0 Å². The van der Waals surface area contributed by atoms with Gasteiger partial charge in [0.1, 0.15) is 11.8 Å². The Kier molecular flexibility index (Phi) is 7.22. The van der Waals surface area contributed by atoms with Gasteiger partial charge >= 0.3 is 5.97 Å². The lowest BCUT2D eigenvalue weighted by Gasteiger charge is -2.14. The topological polar surface area (TPSA) is 91.6 Å². The number of carboxylic acids is 1. The number of aryl methyl sites for hydroxylation is 1. The largest absolute Gasteiger partial charge is 0.480 e. The molecule has 0 aliphatic carbocycles. The van der Waals surface area contributed by atoms with E-state index in [0.29, 0.717) is 11.4 Å². The molecule has 1 amide bonds. The van der Waals surface area contributed by atoms with Crippen molar-refractivity contribution < 1.29 is 19.1 Å². The first-order chi connectivity index (χ1) is 12.1. The summed E-state index contributed by atoms with van der Waals surface area (Å²) in [7, 11) is 0. The molecule has 6 heteroatoms. The van der Waals surface area contributed by atoms with E-state index in [2.05, 4.69) is 17.6 Å². The van der Waals surface area contributed by atoms with Crippen molar-refractivity contribution in [1.29, 1.82) is 0 Å². The summed E-state index contributed by atoms with van der Waals surface area (Å²) in [5.41, 5.74) is 1.89.